The second-order valence-corrected chi connectivity index (χ2v) is 6.30. The van der Waals surface area contributed by atoms with E-state index in [1.807, 2.05) is 18.7 Å². The van der Waals surface area contributed by atoms with E-state index in [0.717, 1.165) is 11.7 Å². The average molecular weight is 231 g/mol. The molecule has 4 heteroatoms. The van der Waals surface area contributed by atoms with Crippen LogP contribution in [0.1, 0.15) is 26.7 Å². The van der Waals surface area contributed by atoms with Gasteiger partial charge in [-0.3, -0.25) is 0 Å². The first-order valence-corrected chi connectivity index (χ1v) is 6.84. The Morgan fingerprint density at radius 3 is 2.87 bits per heavy atom. The van der Waals surface area contributed by atoms with Crippen molar-refractivity contribution in [3.8, 4) is 0 Å². The highest BCUT2D eigenvalue weighted by atomic mass is 32.2. The Balaban J connectivity index is 1.77. The summed E-state index contributed by atoms with van der Waals surface area (Å²) < 4.78 is 5.41. The van der Waals surface area contributed by atoms with Gasteiger partial charge in [-0.05, 0) is 13.3 Å². The maximum absolute atomic E-state index is 10.3. The van der Waals surface area contributed by atoms with Gasteiger partial charge in [0.1, 0.15) is 5.60 Å². The van der Waals surface area contributed by atoms with Crippen molar-refractivity contribution in [3.05, 3.63) is 0 Å². The van der Waals surface area contributed by atoms with Crippen molar-refractivity contribution < 1.29 is 9.84 Å². The Kier molecular flexibility index (Phi) is 3.60. The quantitative estimate of drug-likeness (QED) is 0.760. The van der Waals surface area contributed by atoms with Gasteiger partial charge in [-0.25, -0.2) is 0 Å². The highest BCUT2D eigenvalue weighted by molar-refractivity contribution is 8.00. The van der Waals surface area contributed by atoms with E-state index in [2.05, 4.69) is 12.2 Å². The van der Waals surface area contributed by atoms with E-state index in [4.69, 9.17) is 4.74 Å². The van der Waals surface area contributed by atoms with Gasteiger partial charge in [0.15, 0.2) is 0 Å². The lowest BCUT2D eigenvalue weighted by atomic mass is 9.96. The van der Waals surface area contributed by atoms with Crippen molar-refractivity contribution in [2.24, 2.45) is 0 Å². The van der Waals surface area contributed by atoms with Crippen LogP contribution in [-0.2, 0) is 4.74 Å². The third-order valence-electron chi connectivity index (χ3n) is 3.55. The molecule has 2 N–H and O–H groups in total. The number of aliphatic hydroxyl groups is 1. The Labute approximate surface area is 96.0 Å². The number of rotatable bonds is 3. The van der Waals surface area contributed by atoms with Crippen LogP contribution in [0.15, 0.2) is 0 Å². The molecule has 0 bridgehead atoms. The van der Waals surface area contributed by atoms with Gasteiger partial charge in [-0.15, -0.1) is 0 Å². The first-order valence-electron chi connectivity index (χ1n) is 5.79. The molecule has 2 saturated heterocycles. The van der Waals surface area contributed by atoms with Gasteiger partial charge in [0.25, 0.3) is 0 Å². The molecule has 3 nitrogen and oxygen atoms in total. The Morgan fingerprint density at radius 2 is 2.33 bits per heavy atom. The fraction of sp³-hybridized carbons (Fsp3) is 1.00. The zero-order chi connectivity index (χ0) is 10.9. The van der Waals surface area contributed by atoms with Crippen LogP contribution in [0.4, 0.5) is 0 Å². The lowest BCUT2D eigenvalue weighted by Gasteiger charge is -2.28. The standard InChI is InChI=1S/C11H21NO2S/c1-8-5-10(6-15-8)12-7-11(13)3-4-14-9(11)2/h8-10,12-13H,3-7H2,1-2H3. The lowest BCUT2D eigenvalue weighted by Crippen LogP contribution is -2.48. The minimum atomic E-state index is -0.642. The summed E-state index contributed by atoms with van der Waals surface area (Å²) in [5, 5.41) is 14.5. The second-order valence-electron chi connectivity index (χ2n) is 4.82. The number of ether oxygens (including phenoxy) is 1. The number of nitrogens with one attached hydrogen (secondary N) is 1. The predicted molar refractivity (Wildman–Crippen MR) is 63.3 cm³/mol. The fourth-order valence-electron chi connectivity index (χ4n) is 2.28. The molecule has 2 aliphatic heterocycles. The Morgan fingerprint density at radius 1 is 1.53 bits per heavy atom. The molecule has 4 atom stereocenters. The molecule has 2 fully saturated rings. The van der Waals surface area contributed by atoms with Crippen molar-refractivity contribution in [3.63, 3.8) is 0 Å². The van der Waals surface area contributed by atoms with Crippen molar-refractivity contribution in [1.82, 2.24) is 5.32 Å². The predicted octanol–water partition coefficient (Wildman–Crippen LogP) is 1.01. The van der Waals surface area contributed by atoms with Gasteiger partial charge >= 0.3 is 0 Å². The van der Waals surface area contributed by atoms with Gasteiger partial charge in [-0.2, -0.15) is 11.8 Å². The Hall–Kier alpha value is 0.230. The van der Waals surface area contributed by atoms with Gasteiger partial charge < -0.3 is 15.2 Å². The first kappa shape index (κ1) is 11.7. The van der Waals surface area contributed by atoms with E-state index in [0.29, 0.717) is 19.2 Å². The maximum atomic E-state index is 10.3. The van der Waals surface area contributed by atoms with Crippen LogP contribution in [0.3, 0.4) is 0 Å². The molecule has 15 heavy (non-hydrogen) atoms. The number of thioether (sulfide) groups is 1. The topological polar surface area (TPSA) is 41.5 Å². The van der Waals surface area contributed by atoms with Gasteiger partial charge in [-0.1, -0.05) is 6.92 Å². The molecule has 4 unspecified atom stereocenters. The van der Waals surface area contributed by atoms with Gasteiger partial charge in [0.05, 0.1) is 6.10 Å². The molecule has 0 saturated carbocycles. The normalized spacial score (nSPS) is 46.2. The molecule has 0 aromatic carbocycles. The molecule has 0 spiro atoms. The van der Waals surface area contributed by atoms with E-state index in [9.17, 15) is 5.11 Å². The van der Waals surface area contributed by atoms with Crippen LogP contribution in [0.2, 0.25) is 0 Å². The number of hydrogen-bond donors (Lipinski definition) is 2. The lowest BCUT2D eigenvalue weighted by molar-refractivity contribution is -0.0273. The van der Waals surface area contributed by atoms with Crippen molar-refractivity contribution in [2.75, 3.05) is 18.9 Å². The molecule has 0 aliphatic carbocycles. The van der Waals surface area contributed by atoms with Crippen molar-refractivity contribution in [2.45, 2.75) is 49.7 Å². The maximum Gasteiger partial charge on any atom is 0.105 e. The van der Waals surface area contributed by atoms with Crippen LogP contribution in [-0.4, -0.2) is 47.0 Å². The summed E-state index contributed by atoms with van der Waals surface area (Å²) in [4.78, 5) is 0. The summed E-state index contributed by atoms with van der Waals surface area (Å²) in [6.45, 7) is 5.59. The van der Waals surface area contributed by atoms with Gasteiger partial charge in [0, 0.05) is 36.6 Å². The molecular formula is C11H21NO2S. The zero-order valence-corrected chi connectivity index (χ0v) is 10.3. The van der Waals surface area contributed by atoms with E-state index in [-0.39, 0.29) is 6.10 Å². The zero-order valence-electron chi connectivity index (χ0n) is 9.53. The van der Waals surface area contributed by atoms with Gasteiger partial charge in [0.2, 0.25) is 0 Å². The van der Waals surface area contributed by atoms with Crippen molar-refractivity contribution in [1.29, 1.82) is 0 Å². The molecule has 2 heterocycles. The van der Waals surface area contributed by atoms with E-state index >= 15 is 0 Å². The SMILES string of the molecule is CC1CC(NCC2(O)CCOC2C)CS1. The van der Waals surface area contributed by atoms with Crippen LogP contribution >= 0.6 is 11.8 Å². The molecule has 2 rings (SSSR count). The summed E-state index contributed by atoms with van der Waals surface area (Å²) in [6, 6.07) is 0.571. The largest absolute Gasteiger partial charge is 0.386 e. The summed E-state index contributed by atoms with van der Waals surface area (Å²) in [5.41, 5.74) is -0.642. The smallest absolute Gasteiger partial charge is 0.105 e. The molecular weight excluding hydrogens is 210 g/mol. The third-order valence-corrected chi connectivity index (χ3v) is 4.91. The molecule has 2 aliphatic rings. The van der Waals surface area contributed by atoms with Crippen LogP contribution in [0.5, 0.6) is 0 Å². The second kappa shape index (κ2) is 4.62. The van der Waals surface area contributed by atoms with E-state index in [1.165, 1.54) is 12.2 Å². The Bertz CT molecular complexity index is 227. The highest BCUT2D eigenvalue weighted by Gasteiger charge is 2.39. The highest BCUT2D eigenvalue weighted by Crippen LogP contribution is 2.28. The monoisotopic (exact) mass is 231 g/mol. The van der Waals surface area contributed by atoms with Crippen LogP contribution in [0.25, 0.3) is 0 Å². The summed E-state index contributed by atoms with van der Waals surface area (Å²) in [6.07, 6.45) is 1.95. The number of hydrogen-bond acceptors (Lipinski definition) is 4. The van der Waals surface area contributed by atoms with Crippen LogP contribution < -0.4 is 5.32 Å². The minimum absolute atomic E-state index is 0.0310. The van der Waals surface area contributed by atoms with E-state index < -0.39 is 5.60 Å². The summed E-state index contributed by atoms with van der Waals surface area (Å²) in [7, 11) is 0. The average Bonchev–Trinajstić information content (AvgIpc) is 2.73. The van der Waals surface area contributed by atoms with E-state index in [1.54, 1.807) is 0 Å². The fourth-order valence-corrected chi connectivity index (χ4v) is 3.47. The summed E-state index contributed by atoms with van der Waals surface area (Å²) >= 11 is 2.01. The molecule has 0 aromatic rings. The first-order chi connectivity index (χ1) is 7.10. The molecule has 88 valence electrons. The molecule has 0 aromatic heterocycles. The summed E-state index contributed by atoms with van der Waals surface area (Å²) in [5.74, 6) is 1.17. The van der Waals surface area contributed by atoms with Crippen molar-refractivity contribution >= 4 is 11.8 Å². The minimum Gasteiger partial charge on any atom is -0.386 e. The third kappa shape index (κ3) is 2.67. The molecule has 0 amide bonds. The van der Waals surface area contributed by atoms with Crippen LogP contribution in [0, 0.1) is 0 Å². The molecule has 0 radical (unpaired) electrons.